The highest BCUT2D eigenvalue weighted by Crippen LogP contribution is 1.90. The maximum atomic E-state index is 9.79. The molecule has 0 spiro atoms. The molecule has 1 heterocycles. The lowest BCUT2D eigenvalue weighted by atomic mass is 11.1. The van der Waals surface area contributed by atoms with Gasteiger partial charge in [-0.15, -0.1) is 24.0 Å². The SMILES string of the molecule is I.O=[N+](O)c1nn[nH]n1. The summed E-state index contributed by atoms with van der Waals surface area (Å²) >= 11 is 0. The van der Waals surface area contributed by atoms with E-state index in [-0.39, 0.29) is 24.0 Å². The van der Waals surface area contributed by atoms with E-state index in [2.05, 4.69) is 15.4 Å². The van der Waals surface area contributed by atoms with Crippen LogP contribution >= 0.6 is 24.0 Å². The minimum Gasteiger partial charge on any atom is -0.337 e. The first-order valence-electron chi connectivity index (χ1n) is 1.70. The van der Waals surface area contributed by atoms with Crippen LogP contribution in [0.1, 0.15) is 0 Å². The lowest BCUT2D eigenvalue weighted by molar-refractivity contribution is -0.734. The summed E-state index contributed by atoms with van der Waals surface area (Å²) in [4.78, 5) is 9.31. The van der Waals surface area contributed by atoms with E-state index in [0.29, 0.717) is 0 Å². The first kappa shape index (κ1) is 8.20. The van der Waals surface area contributed by atoms with Crippen LogP contribution < -0.4 is 0 Å². The van der Waals surface area contributed by atoms with Gasteiger partial charge in [0.1, 0.15) is 0 Å². The van der Waals surface area contributed by atoms with Gasteiger partial charge in [-0.25, -0.2) is 0 Å². The van der Waals surface area contributed by atoms with Crippen molar-refractivity contribution in [2.75, 3.05) is 0 Å². The van der Waals surface area contributed by atoms with E-state index in [1.807, 2.05) is 5.21 Å². The number of halogens is 1. The summed E-state index contributed by atoms with van der Waals surface area (Å²) in [6.45, 7) is 0. The standard InChI is InChI=1S/CH2N5O2.HI/c7-6(8)1-2-4-5-3-1;/h(H,7,8)(H,2,3,4,5);1H/q+1;. The molecule has 7 nitrogen and oxygen atoms in total. The predicted molar refractivity (Wildman–Crippen MR) is 34.7 cm³/mol. The van der Waals surface area contributed by atoms with Gasteiger partial charge in [-0.05, 0) is 4.91 Å². The summed E-state index contributed by atoms with van der Waals surface area (Å²) in [7, 11) is 0. The number of nitrogens with one attached hydrogen (secondary N) is 1. The molecule has 0 saturated heterocycles. The molecule has 0 saturated carbocycles. The zero-order valence-corrected chi connectivity index (χ0v) is 6.38. The maximum Gasteiger partial charge on any atom is 0.554 e. The molecule has 0 aliphatic rings. The van der Waals surface area contributed by atoms with Gasteiger partial charge in [0.2, 0.25) is 0 Å². The Balaban J connectivity index is 0.000000640. The molecule has 0 unspecified atom stereocenters. The van der Waals surface area contributed by atoms with Gasteiger partial charge in [-0.2, -0.15) is 0 Å². The number of hydrogen-bond acceptors (Lipinski definition) is 4. The topological polar surface area (TPSA) is 94.8 Å². The Morgan fingerprint density at radius 3 is 2.56 bits per heavy atom. The largest absolute Gasteiger partial charge is 0.554 e. The monoisotopic (exact) mass is 244 g/mol. The number of rotatable bonds is 1. The molecule has 1 aromatic heterocycles. The summed E-state index contributed by atoms with van der Waals surface area (Å²) < 4.78 is 0. The maximum absolute atomic E-state index is 9.79. The van der Waals surface area contributed by atoms with Crippen molar-refractivity contribution in [3.05, 3.63) is 4.91 Å². The third-order valence-corrected chi connectivity index (χ3v) is 0.505. The molecule has 8 heteroatoms. The van der Waals surface area contributed by atoms with Crippen LogP contribution in [0, 0.1) is 4.91 Å². The second-order valence-electron chi connectivity index (χ2n) is 0.985. The molecule has 1 rings (SSSR count). The van der Waals surface area contributed by atoms with Crippen molar-refractivity contribution < 1.29 is 10.1 Å². The molecular formula is CH3IN5O2+. The quantitative estimate of drug-likeness (QED) is 0.518. The van der Waals surface area contributed by atoms with Gasteiger partial charge < -0.3 is 5.21 Å². The zero-order valence-electron chi connectivity index (χ0n) is 4.05. The van der Waals surface area contributed by atoms with Crippen LogP contribution in [0.3, 0.4) is 0 Å². The lowest BCUT2D eigenvalue weighted by Gasteiger charge is -1.66. The highest BCUT2D eigenvalue weighted by atomic mass is 127. The van der Waals surface area contributed by atoms with Gasteiger partial charge in [0, 0.05) is 5.21 Å². The van der Waals surface area contributed by atoms with Gasteiger partial charge in [-0.1, -0.05) is 5.21 Å². The molecule has 1 aromatic rings. The second-order valence-corrected chi connectivity index (χ2v) is 0.985. The molecule has 50 valence electrons. The fraction of sp³-hybridized carbons (Fsp3) is 0. The third kappa shape index (κ3) is 1.87. The molecule has 0 radical (unpaired) electrons. The van der Waals surface area contributed by atoms with E-state index >= 15 is 0 Å². The van der Waals surface area contributed by atoms with E-state index in [1.165, 1.54) is 0 Å². The summed E-state index contributed by atoms with van der Waals surface area (Å²) in [5.41, 5.74) is 0. The molecule has 0 fully saturated rings. The number of aromatic amines is 1. The van der Waals surface area contributed by atoms with E-state index in [0.717, 1.165) is 0 Å². The number of aromatic nitrogens is 4. The summed E-state index contributed by atoms with van der Waals surface area (Å²) in [5.74, 6) is -0.398. The van der Waals surface area contributed by atoms with Gasteiger partial charge in [0.25, 0.3) is 0 Å². The van der Waals surface area contributed by atoms with Crippen LogP contribution in [0.4, 0.5) is 5.95 Å². The van der Waals surface area contributed by atoms with Crippen molar-refractivity contribution >= 4 is 29.9 Å². The minimum atomic E-state index is -0.483. The van der Waals surface area contributed by atoms with E-state index in [1.54, 1.807) is 0 Å². The van der Waals surface area contributed by atoms with Gasteiger partial charge in [0.05, 0.1) is 10.2 Å². The third-order valence-electron chi connectivity index (χ3n) is 0.505. The molecule has 0 aliphatic heterocycles. The van der Waals surface area contributed by atoms with Crippen molar-refractivity contribution in [3.63, 3.8) is 0 Å². The normalized spacial score (nSPS) is 8.00. The van der Waals surface area contributed by atoms with Crippen LogP contribution in [-0.2, 0) is 0 Å². The molecule has 0 aliphatic carbocycles. The summed E-state index contributed by atoms with van der Waals surface area (Å²) in [5, 5.41) is 19.3. The minimum absolute atomic E-state index is 0. The van der Waals surface area contributed by atoms with Crippen LogP contribution in [0.2, 0.25) is 0 Å². The smallest absolute Gasteiger partial charge is 0.337 e. The Kier molecular flexibility index (Phi) is 2.98. The van der Waals surface area contributed by atoms with Crippen molar-refractivity contribution in [2.24, 2.45) is 0 Å². The van der Waals surface area contributed by atoms with Crippen molar-refractivity contribution in [1.29, 1.82) is 0 Å². The van der Waals surface area contributed by atoms with E-state index in [4.69, 9.17) is 5.21 Å². The summed E-state index contributed by atoms with van der Waals surface area (Å²) in [6, 6.07) is 0. The molecule has 0 bridgehead atoms. The Morgan fingerprint density at radius 1 is 1.67 bits per heavy atom. The number of tetrazole rings is 1. The van der Waals surface area contributed by atoms with Crippen LogP contribution in [0.15, 0.2) is 0 Å². The van der Waals surface area contributed by atoms with Crippen LogP contribution in [0.25, 0.3) is 0 Å². The van der Waals surface area contributed by atoms with Crippen LogP contribution in [0.5, 0.6) is 0 Å². The van der Waals surface area contributed by atoms with Gasteiger partial charge in [0.15, 0.2) is 4.92 Å². The van der Waals surface area contributed by atoms with Gasteiger partial charge >= 0.3 is 5.95 Å². The van der Waals surface area contributed by atoms with E-state index < -0.39 is 10.9 Å². The van der Waals surface area contributed by atoms with Crippen LogP contribution in [-0.4, -0.2) is 30.8 Å². The predicted octanol–water partition coefficient (Wildman–Crippen LogP) is -0.383. The first-order chi connectivity index (χ1) is 3.80. The highest BCUT2D eigenvalue weighted by molar-refractivity contribution is 14.0. The Hall–Kier alpha value is -0.800. The van der Waals surface area contributed by atoms with Crippen molar-refractivity contribution in [3.8, 4) is 0 Å². The number of hydrogen-bond donors (Lipinski definition) is 2. The van der Waals surface area contributed by atoms with Crippen molar-refractivity contribution in [2.45, 2.75) is 0 Å². The number of nitrogens with zero attached hydrogens (tertiary/aromatic N) is 4. The molecule has 9 heavy (non-hydrogen) atoms. The Labute approximate surface area is 66.0 Å². The molecule has 2 N–H and O–H groups in total. The molecule has 0 atom stereocenters. The summed E-state index contributed by atoms with van der Waals surface area (Å²) in [6.07, 6.45) is 0. The lowest BCUT2D eigenvalue weighted by Crippen LogP contribution is -1.93. The fourth-order valence-electron chi connectivity index (χ4n) is 0.238. The van der Waals surface area contributed by atoms with Gasteiger partial charge in [-0.3, -0.25) is 0 Å². The average Bonchev–Trinajstić information content (AvgIpc) is 2.12. The fourth-order valence-corrected chi connectivity index (χ4v) is 0.238. The number of H-pyrrole nitrogens is 1. The average molecular weight is 244 g/mol. The highest BCUT2D eigenvalue weighted by Gasteiger charge is 2.14. The second kappa shape index (κ2) is 3.27. The van der Waals surface area contributed by atoms with Crippen molar-refractivity contribution in [1.82, 2.24) is 20.6 Å². The Bertz CT molecular complexity index is 183. The Morgan fingerprint density at radius 2 is 2.33 bits per heavy atom. The molecule has 0 aromatic carbocycles. The first-order valence-corrected chi connectivity index (χ1v) is 1.70. The molecular weight excluding hydrogens is 241 g/mol. The van der Waals surface area contributed by atoms with E-state index in [9.17, 15) is 4.91 Å². The zero-order chi connectivity index (χ0) is 5.98. The molecule has 0 amide bonds.